The maximum absolute atomic E-state index is 13.9. The molecule has 2 aromatic carbocycles. The Kier molecular flexibility index (Phi) is 4.41. The average Bonchev–Trinajstić information content (AvgIpc) is 2.46. The van der Waals surface area contributed by atoms with Crippen LogP contribution in [0.1, 0.15) is 24.1 Å². The summed E-state index contributed by atoms with van der Waals surface area (Å²) < 4.78 is 24.6. The normalized spacial score (nSPS) is 11.6. The predicted molar refractivity (Wildman–Crippen MR) is 76.8 cm³/mol. The largest absolute Gasteiger partial charge is 0.497 e. The van der Waals surface area contributed by atoms with E-state index in [9.17, 15) is 4.39 Å². The molecule has 1 unspecified atom stereocenters. The first kappa shape index (κ1) is 14.8. The van der Waals surface area contributed by atoms with Crippen molar-refractivity contribution in [1.82, 2.24) is 0 Å². The molecule has 5 heteroatoms. The maximum Gasteiger partial charge on any atom is 0.135 e. The second kappa shape index (κ2) is 6.25. The first-order chi connectivity index (χ1) is 10.0. The minimum absolute atomic E-state index is 0.291. The zero-order chi connectivity index (χ0) is 15.4. The van der Waals surface area contributed by atoms with Crippen molar-refractivity contribution in [3.8, 4) is 23.3 Å². The summed E-state index contributed by atoms with van der Waals surface area (Å²) in [4.78, 5) is 0. The molecular formula is C16H15FN2O2. The van der Waals surface area contributed by atoms with E-state index in [1.165, 1.54) is 13.2 Å². The monoisotopic (exact) mass is 286 g/mol. The topological polar surface area (TPSA) is 68.3 Å². The highest BCUT2D eigenvalue weighted by atomic mass is 19.1. The van der Waals surface area contributed by atoms with Crippen molar-refractivity contribution in [1.29, 1.82) is 5.26 Å². The van der Waals surface area contributed by atoms with Crippen LogP contribution in [0.3, 0.4) is 0 Å². The highest BCUT2D eigenvalue weighted by Gasteiger charge is 2.15. The first-order valence-electron chi connectivity index (χ1n) is 6.36. The van der Waals surface area contributed by atoms with Crippen molar-refractivity contribution < 1.29 is 13.9 Å². The van der Waals surface area contributed by atoms with E-state index < -0.39 is 11.9 Å². The molecular weight excluding hydrogens is 271 g/mol. The van der Waals surface area contributed by atoms with Crippen molar-refractivity contribution in [3.05, 3.63) is 53.3 Å². The smallest absolute Gasteiger partial charge is 0.135 e. The number of halogens is 1. The maximum atomic E-state index is 13.9. The van der Waals surface area contributed by atoms with Crippen LogP contribution in [-0.4, -0.2) is 7.11 Å². The summed E-state index contributed by atoms with van der Waals surface area (Å²) in [5.41, 5.74) is 6.47. The Morgan fingerprint density at radius 2 is 1.95 bits per heavy atom. The number of methoxy groups -OCH3 is 1. The lowest BCUT2D eigenvalue weighted by Gasteiger charge is -2.15. The third-order valence-electron chi connectivity index (χ3n) is 2.94. The third-order valence-corrected chi connectivity index (χ3v) is 2.94. The Bertz CT molecular complexity index is 693. The number of rotatable bonds is 4. The van der Waals surface area contributed by atoms with E-state index in [1.54, 1.807) is 37.3 Å². The van der Waals surface area contributed by atoms with Gasteiger partial charge >= 0.3 is 0 Å². The average molecular weight is 286 g/mol. The van der Waals surface area contributed by atoms with Crippen LogP contribution in [0.25, 0.3) is 0 Å². The Balaban J connectivity index is 2.43. The molecule has 108 valence electrons. The van der Waals surface area contributed by atoms with Gasteiger partial charge in [-0.25, -0.2) is 4.39 Å². The molecule has 0 amide bonds. The van der Waals surface area contributed by atoms with Crippen LogP contribution in [0.15, 0.2) is 36.4 Å². The Morgan fingerprint density at radius 3 is 2.57 bits per heavy atom. The van der Waals surface area contributed by atoms with Crippen LogP contribution in [-0.2, 0) is 0 Å². The van der Waals surface area contributed by atoms with Gasteiger partial charge in [0.05, 0.1) is 18.7 Å². The molecule has 0 radical (unpaired) electrons. The minimum atomic E-state index is -0.512. The van der Waals surface area contributed by atoms with Gasteiger partial charge in [0.1, 0.15) is 23.1 Å². The molecule has 2 aromatic rings. The lowest BCUT2D eigenvalue weighted by molar-refractivity contribution is 0.407. The molecule has 0 aliphatic rings. The summed E-state index contributed by atoms with van der Waals surface area (Å²) in [6.45, 7) is 1.68. The lowest BCUT2D eigenvalue weighted by Crippen LogP contribution is -2.09. The zero-order valence-electron chi connectivity index (χ0n) is 11.8. The van der Waals surface area contributed by atoms with Crippen molar-refractivity contribution in [2.75, 3.05) is 7.11 Å². The minimum Gasteiger partial charge on any atom is -0.497 e. The Hall–Kier alpha value is -2.58. The van der Waals surface area contributed by atoms with E-state index in [0.29, 0.717) is 28.4 Å². The van der Waals surface area contributed by atoms with Gasteiger partial charge in [-0.2, -0.15) is 5.26 Å². The Morgan fingerprint density at radius 1 is 1.24 bits per heavy atom. The molecule has 1 atom stereocenters. The standard InChI is InChI=1S/C16H15FN2O2/c1-10(19)16-14(17)4-3-5-15(16)21-13-7-11(9-18)6-12(8-13)20-2/h3-8,10H,19H2,1-2H3. The second-order valence-electron chi connectivity index (χ2n) is 4.55. The van der Waals surface area contributed by atoms with Gasteiger partial charge < -0.3 is 15.2 Å². The van der Waals surface area contributed by atoms with Crippen molar-refractivity contribution in [3.63, 3.8) is 0 Å². The van der Waals surface area contributed by atoms with Crippen LogP contribution < -0.4 is 15.2 Å². The van der Waals surface area contributed by atoms with Gasteiger partial charge in [0.15, 0.2) is 0 Å². The van der Waals surface area contributed by atoms with E-state index in [2.05, 4.69) is 0 Å². The van der Waals surface area contributed by atoms with Gasteiger partial charge in [0, 0.05) is 17.7 Å². The van der Waals surface area contributed by atoms with Crippen molar-refractivity contribution in [2.24, 2.45) is 5.73 Å². The molecule has 4 nitrogen and oxygen atoms in total. The van der Waals surface area contributed by atoms with Crippen LogP contribution >= 0.6 is 0 Å². The van der Waals surface area contributed by atoms with Gasteiger partial charge in [-0.3, -0.25) is 0 Å². The van der Waals surface area contributed by atoms with Gasteiger partial charge in [-0.15, -0.1) is 0 Å². The van der Waals surface area contributed by atoms with Gasteiger partial charge in [0.2, 0.25) is 0 Å². The fraction of sp³-hybridized carbons (Fsp3) is 0.188. The molecule has 0 saturated carbocycles. The van der Waals surface area contributed by atoms with Crippen LogP contribution in [0, 0.1) is 17.1 Å². The second-order valence-corrected chi connectivity index (χ2v) is 4.55. The molecule has 21 heavy (non-hydrogen) atoms. The number of nitrogens with zero attached hydrogens (tertiary/aromatic N) is 1. The molecule has 0 aromatic heterocycles. The van der Waals surface area contributed by atoms with E-state index in [-0.39, 0.29) is 0 Å². The summed E-state index contributed by atoms with van der Waals surface area (Å²) in [5.74, 6) is 0.772. The first-order valence-corrected chi connectivity index (χ1v) is 6.36. The van der Waals surface area contributed by atoms with Crippen LogP contribution in [0.4, 0.5) is 4.39 Å². The van der Waals surface area contributed by atoms with E-state index in [1.807, 2.05) is 6.07 Å². The molecule has 0 fully saturated rings. The number of hydrogen-bond donors (Lipinski definition) is 1. The molecule has 0 aliphatic carbocycles. The zero-order valence-corrected chi connectivity index (χ0v) is 11.8. The summed E-state index contributed by atoms with van der Waals surface area (Å²) in [6.07, 6.45) is 0. The molecule has 0 spiro atoms. The van der Waals surface area contributed by atoms with Crippen molar-refractivity contribution >= 4 is 0 Å². The molecule has 0 heterocycles. The fourth-order valence-corrected chi connectivity index (χ4v) is 1.99. The highest BCUT2D eigenvalue weighted by Crippen LogP contribution is 2.32. The molecule has 2 rings (SSSR count). The van der Waals surface area contributed by atoms with Gasteiger partial charge in [0.25, 0.3) is 0 Å². The number of benzene rings is 2. The van der Waals surface area contributed by atoms with E-state index >= 15 is 0 Å². The van der Waals surface area contributed by atoms with Gasteiger partial charge in [-0.05, 0) is 31.2 Å². The third kappa shape index (κ3) is 3.30. The lowest BCUT2D eigenvalue weighted by atomic mass is 10.1. The fourth-order valence-electron chi connectivity index (χ4n) is 1.99. The predicted octanol–water partition coefficient (Wildman–Crippen LogP) is 3.52. The van der Waals surface area contributed by atoms with Crippen molar-refractivity contribution in [2.45, 2.75) is 13.0 Å². The molecule has 0 bridgehead atoms. The number of hydrogen-bond acceptors (Lipinski definition) is 4. The summed E-state index contributed by atoms with van der Waals surface area (Å²) >= 11 is 0. The van der Waals surface area contributed by atoms with Crippen LogP contribution in [0.2, 0.25) is 0 Å². The summed E-state index contributed by atoms with van der Waals surface area (Å²) in [7, 11) is 1.50. The molecule has 0 aliphatic heterocycles. The van der Waals surface area contributed by atoms with E-state index in [0.717, 1.165) is 0 Å². The number of ether oxygens (including phenoxy) is 2. The number of nitriles is 1. The molecule has 2 N–H and O–H groups in total. The highest BCUT2D eigenvalue weighted by molar-refractivity contribution is 5.47. The Labute approximate surface area is 122 Å². The van der Waals surface area contributed by atoms with Crippen LogP contribution in [0.5, 0.6) is 17.2 Å². The molecule has 0 saturated heterocycles. The van der Waals surface area contributed by atoms with E-state index in [4.69, 9.17) is 20.5 Å². The van der Waals surface area contributed by atoms with Gasteiger partial charge in [-0.1, -0.05) is 6.07 Å². The summed E-state index contributed by atoms with van der Waals surface area (Å²) in [6, 6.07) is 10.8. The number of nitrogens with two attached hydrogens (primary N) is 1. The summed E-state index contributed by atoms with van der Waals surface area (Å²) in [5, 5.41) is 8.99. The SMILES string of the molecule is COc1cc(C#N)cc(Oc2cccc(F)c2C(C)N)c1. The quantitative estimate of drug-likeness (QED) is 0.933.